The van der Waals surface area contributed by atoms with Gasteiger partial charge in [-0.15, -0.1) is 0 Å². The Morgan fingerprint density at radius 3 is 2.61 bits per heavy atom. The molecule has 0 bridgehead atoms. The summed E-state index contributed by atoms with van der Waals surface area (Å²) < 4.78 is 67.9. The van der Waals surface area contributed by atoms with Gasteiger partial charge in [0.1, 0.15) is 5.82 Å². The number of pyridine rings is 1. The van der Waals surface area contributed by atoms with Crippen molar-refractivity contribution in [3.05, 3.63) is 59.2 Å². The molecular weight excluding hydrogens is 499 g/mol. The van der Waals surface area contributed by atoms with Crippen LogP contribution in [0.3, 0.4) is 0 Å². The lowest BCUT2D eigenvalue weighted by molar-refractivity contribution is -0.115. The van der Waals surface area contributed by atoms with Crippen LogP contribution in [-0.2, 0) is 27.8 Å². The number of sulfonamides is 1. The highest BCUT2D eigenvalue weighted by molar-refractivity contribution is 7.92. The van der Waals surface area contributed by atoms with Gasteiger partial charge in [-0.1, -0.05) is 12.1 Å². The number of carbonyl (C=O) groups is 1. The van der Waals surface area contributed by atoms with Crippen LogP contribution in [0.25, 0.3) is 0 Å². The Morgan fingerprint density at radius 2 is 1.92 bits per heavy atom. The minimum absolute atomic E-state index is 0.0591. The Kier molecular flexibility index (Phi) is 6.71. The molecule has 3 aromatic rings. The molecule has 3 heterocycles. The lowest BCUT2D eigenvalue weighted by atomic mass is 10.1. The van der Waals surface area contributed by atoms with Crippen molar-refractivity contribution in [3.8, 4) is 0 Å². The number of aromatic nitrogens is 3. The zero-order valence-electron chi connectivity index (χ0n) is 19.5. The largest absolute Gasteiger partial charge is 0.325 e. The molecule has 4 rings (SSSR count). The van der Waals surface area contributed by atoms with Crippen LogP contribution in [0.4, 0.5) is 42.1 Å². The molecule has 1 aromatic carbocycles. The number of hydrogen-bond acceptors (Lipinski definition) is 8. The predicted octanol–water partition coefficient (Wildman–Crippen LogP) is 3.18. The molecule has 0 radical (unpaired) electrons. The number of fused-ring (bicyclic) bond motifs is 1. The summed E-state index contributed by atoms with van der Waals surface area (Å²) in [5, 5.41) is 5.51. The summed E-state index contributed by atoms with van der Waals surface area (Å²) >= 11 is 0. The van der Waals surface area contributed by atoms with Crippen LogP contribution in [-0.4, -0.2) is 49.1 Å². The molecular formula is C22H22F3N7O3S. The molecule has 2 aromatic heterocycles. The highest BCUT2D eigenvalue weighted by atomic mass is 32.2. The predicted molar refractivity (Wildman–Crippen MR) is 128 cm³/mol. The van der Waals surface area contributed by atoms with E-state index in [4.69, 9.17) is 0 Å². The number of nitrogens with one attached hydrogen (secondary N) is 2. The Morgan fingerprint density at radius 1 is 1.17 bits per heavy atom. The van der Waals surface area contributed by atoms with E-state index in [1.54, 1.807) is 25.1 Å². The number of anilines is 5. The van der Waals surface area contributed by atoms with E-state index in [9.17, 15) is 26.4 Å². The molecule has 1 aliphatic rings. The second-order valence-electron chi connectivity index (χ2n) is 8.16. The van der Waals surface area contributed by atoms with Gasteiger partial charge in [0.15, 0.2) is 11.6 Å². The van der Waals surface area contributed by atoms with E-state index in [1.807, 2.05) is 0 Å². The van der Waals surface area contributed by atoms with Crippen molar-refractivity contribution in [2.24, 2.45) is 0 Å². The first-order chi connectivity index (χ1) is 16.9. The Bertz CT molecular complexity index is 1440. The first-order valence-electron chi connectivity index (χ1n) is 10.6. The van der Waals surface area contributed by atoms with Crippen LogP contribution in [0.5, 0.6) is 0 Å². The zero-order valence-corrected chi connectivity index (χ0v) is 20.3. The average molecular weight is 522 g/mol. The van der Waals surface area contributed by atoms with E-state index in [2.05, 4.69) is 25.6 Å². The monoisotopic (exact) mass is 521 g/mol. The maximum atomic E-state index is 14.7. The van der Waals surface area contributed by atoms with Crippen molar-refractivity contribution < 1.29 is 26.4 Å². The second kappa shape index (κ2) is 9.60. The number of carbonyl (C=O) groups excluding carboxylic acids is 1. The smallest absolute Gasteiger partial charge is 0.316 e. The van der Waals surface area contributed by atoms with Gasteiger partial charge in [0.2, 0.25) is 21.9 Å². The fourth-order valence-corrected chi connectivity index (χ4v) is 4.06. The summed E-state index contributed by atoms with van der Waals surface area (Å²) in [4.78, 5) is 23.9. The molecule has 0 saturated carbocycles. The van der Waals surface area contributed by atoms with Crippen molar-refractivity contribution in [2.45, 2.75) is 26.4 Å². The third-order valence-corrected chi connectivity index (χ3v) is 6.62. The van der Waals surface area contributed by atoms with Crippen LogP contribution in [0.2, 0.25) is 0 Å². The van der Waals surface area contributed by atoms with Crippen molar-refractivity contribution in [2.75, 3.05) is 33.1 Å². The molecule has 36 heavy (non-hydrogen) atoms. The van der Waals surface area contributed by atoms with Crippen molar-refractivity contribution in [3.63, 3.8) is 0 Å². The summed E-state index contributed by atoms with van der Waals surface area (Å²) in [6.45, 7) is -2.14. The highest BCUT2D eigenvalue weighted by Gasteiger charge is 2.27. The third-order valence-electron chi connectivity index (χ3n) is 5.46. The summed E-state index contributed by atoms with van der Waals surface area (Å²) in [6, 6.07) is 7.99. The minimum Gasteiger partial charge on any atom is -0.325 e. The molecule has 190 valence electrons. The molecule has 1 amide bonds. The first-order valence-corrected chi connectivity index (χ1v) is 12.4. The molecule has 1 aliphatic heterocycles. The second-order valence-corrected chi connectivity index (χ2v) is 10.2. The summed E-state index contributed by atoms with van der Waals surface area (Å²) in [5.74, 6) is -2.15. The SMILES string of the molecule is Cc1ccc(CN(c2nc(Nc3ccc4c(c3)NC(=O)C4)ncc2F)C(F)F)c(N(C)S(C)(=O)=O)n1. The molecule has 0 unspecified atom stereocenters. The van der Waals surface area contributed by atoms with Gasteiger partial charge in [-0.3, -0.25) is 14.0 Å². The molecule has 14 heteroatoms. The normalized spacial score (nSPS) is 12.9. The standard InChI is InChI=1S/C22H22F3N7O3S/c1-12-4-5-14(19(27-12)31(2)36(3,34)35)11-32(21(24)25)20-16(23)10-26-22(30-20)28-15-7-6-13-8-18(33)29-17(13)9-15/h4-7,9-10,21H,8,11H2,1-3H3,(H,29,33)(H,26,28,30). The fraction of sp³-hybridized carbons (Fsp3) is 0.273. The van der Waals surface area contributed by atoms with Crippen LogP contribution in [0, 0.1) is 12.7 Å². The number of alkyl halides is 2. The van der Waals surface area contributed by atoms with E-state index in [1.165, 1.54) is 19.2 Å². The molecule has 0 fully saturated rings. The van der Waals surface area contributed by atoms with Crippen LogP contribution >= 0.6 is 0 Å². The quantitative estimate of drug-likeness (QED) is 0.434. The topological polar surface area (TPSA) is 120 Å². The summed E-state index contributed by atoms with van der Waals surface area (Å²) in [7, 11) is -2.49. The van der Waals surface area contributed by atoms with Gasteiger partial charge in [-0.2, -0.15) is 13.8 Å². The number of amides is 1. The van der Waals surface area contributed by atoms with Gasteiger partial charge >= 0.3 is 6.55 Å². The Balaban J connectivity index is 1.66. The first kappa shape index (κ1) is 25.2. The number of hydrogen-bond donors (Lipinski definition) is 2. The highest BCUT2D eigenvalue weighted by Crippen LogP contribution is 2.30. The van der Waals surface area contributed by atoms with Crippen LogP contribution < -0.4 is 19.8 Å². The van der Waals surface area contributed by atoms with Crippen molar-refractivity contribution in [1.82, 2.24) is 15.0 Å². The molecule has 0 atom stereocenters. The fourth-order valence-electron chi connectivity index (χ4n) is 3.59. The van der Waals surface area contributed by atoms with Crippen molar-refractivity contribution in [1.29, 1.82) is 0 Å². The van der Waals surface area contributed by atoms with Gasteiger partial charge in [0.25, 0.3) is 0 Å². The van der Waals surface area contributed by atoms with Crippen LogP contribution in [0.15, 0.2) is 36.5 Å². The number of benzene rings is 1. The van der Waals surface area contributed by atoms with Gasteiger partial charge < -0.3 is 10.6 Å². The third kappa shape index (κ3) is 5.32. The molecule has 10 nitrogen and oxygen atoms in total. The summed E-state index contributed by atoms with van der Waals surface area (Å²) in [5.41, 5.74) is 2.44. The maximum Gasteiger partial charge on any atom is 0.316 e. The van der Waals surface area contributed by atoms with E-state index in [-0.39, 0.29) is 29.7 Å². The minimum atomic E-state index is -3.74. The molecule has 2 N–H and O–H groups in total. The lowest BCUT2D eigenvalue weighted by Crippen LogP contribution is -2.33. The average Bonchev–Trinajstić information content (AvgIpc) is 3.17. The van der Waals surface area contributed by atoms with Gasteiger partial charge in [0, 0.05) is 29.7 Å². The number of halogens is 3. The number of rotatable bonds is 8. The van der Waals surface area contributed by atoms with E-state index < -0.39 is 34.8 Å². The number of aryl methyl sites for hydroxylation is 1. The Labute approximate surface area is 205 Å². The Hall–Kier alpha value is -3.94. The summed E-state index contributed by atoms with van der Waals surface area (Å²) in [6.07, 6.45) is 1.96. The van der Waals surface area contributed by atoms with Gasteiger partial charge in [-0.25, -0.2) is 22.8 Å². The molecule has 0 aliphatic carbocycles. The van der Waals surface area contributed by atoms with Gasteiger partial charge in [-0.05, 0) is 30.7 Å². The zero-order chi connectivity index (χ0) is 26.2. The van der Waals surface area contributed by atoms with E-state index >= 15 is 0 Å². The van der Waals surface area contributed by atoms with Gasteiger partial charge in [0.05, 0.1) is 25.4 Å². The van der Waals surface area contributed by atoms with Crippen LogP contribution in [0.1, 0.15) is 16.8 Å². The molecule has 0 saturated heterocycles. The lowest BCUT2D eigenvalue weighted by Gasteiger charge is -2.26. The number of nitrogens with zero attached hydrogens (tertiary/aromatic N) is 5. The molecule has 0 spiro atoms. The van der Waals surface area contributed by atoms with E-state index in [0.29, 0.717) is 22.0 Å². The maximum absolute atomic E-state index is 14.7. The van der Waals surface area contributed by atoms with E-state index in [0.717, 1.165) is 22.3 Å². The van der Waals surface area contributed by atoms with Crippen molar-refractivity contribution >= 4 is 44.9 Å².